The van der Waals surface area contributed by atoms with Crippen molar-refractivity contribution in [3.05, 3.63) is 174 Å². The second kappa shape index (κ2) is 41.4. The van der Waals surface area contributed by atoms with Crippen LogP contribution in [-0.2, 0) is 25.7 Å². The number of nitrogens with zero attached hydrogens (tertiary/aromatic N) is 11. The standard InChI is InChI=1S/C19H19N5O3S.C13H13N3O2S.C12H12FN3O2S.C12H13N3O3S.C11H10FN3OS.H2O/c1-12(25)11-28-18-9-17(22-23-18)13-6-14(8-16(7-13)24-27)19(26)21-10-15-4-2-3-5-20-15;1-8(17)7-19-13-14-12(15-16-13)11-5-3-4-10(6-11)9(2)18;1-7(17)6-19-12-14-11(15-16-12)8-3-4-9(13)10(5-8)18-2;1-7(16)6-19-12-13-11(14-15-12)9-5-8(18-2)3-4-10(9)17;1-7(16)6-17-11-13-10(14-15-11)8-3-2-4-9(12)5-8;/h2-8,24-25,27H,1,9-11H2,(H,21,26);3-6H,7H2,1-2H3,(H,14,15,16);3-5H,6H2,1-2H3,(H,14,15,16);3-5,17H,6H2,1-2H3,(H,13,14,15);2-5H,6H2,1H3,(H,13,14,15);1H2/p+1. The molecule has 5 aromatic carbocycles. The summed E-state index contributed by atoms with van der Waals surface area (Å²) in [5.74, 6) is 3.85. The molecule has 103 heavy (non-hydrogen) atoms. The van der Waals surface area contributed by atoms with Crippen molar-refractivity contribution >= 4 is 110 Å². The summed E-state index contributed by atoms with van der Waals surface area (Å²) in [6.45, 7) is 11.3. The highest BCUT2D eigenvalue weighted by Gasteiger charge is 2.21. The van der Waals surface area contributed by atoms with Crippen LogP contribution in [0.2, 0.25) is 0 Å². The highest BCUT2D eigenvalue weighted by atomic mass is 32.2. The van der Waals surface area contributed by atoms with Gasteiger partial charge in [0.2, 0.25) is 20.6 Å². The molecule has 1 aliphatic heterocycles. The van der Waals surface area contributed by atoms with Gasteiger partial charge in [0, 0.05) is 58.1 Å². The molecule has 6 heterocycles. The third-order valence-corrected chi connectivity index (χ3v) is 17.9. The number of carbonyl (C=O) groups excluding carboxylic acids is 6. The van der Waals surface area contributed by atoms with Gasteiger partial charge in [-0.2, -0.15) is 10.6 Å². The molecule has 0 radical (unpaired) electrons. The number of nitrogens with one attached hydrogen (secondary N) is 5. The molecular formula is C67H70F2N17O12S5+. The van der Waals surface area contributed by atoms with Gasteiger partial charge in [-0.1, -0.05) is 90.0 Å². The molecule has 0 fully saturated rings. The first-order valence-electron chi connectivity index (χ1n) is 30.2. The van der Waals surface area contributed by atoms with E-state index < -0.39 is 5.82 Å². The fourth-order valence-corrected chi connectivity index (χ4v) is 11.2. The Bertz CT molecular complexity index is 4630. The molecule has 11 rings (SSSR count). The molecule has 0 spiro atoms. The molecule has 5 aromatic heterocycles. The number of phenolic OH excluding ortho intramolecular Hbond substituents is 1. The lowest BCUT2D eigenvalue weighted by atomic mass is 10.0. The molecule has 1 aliphatic rings. The Balaban J connectivity index is 0.000000204. The lowest BCUT2D eigenvalue weighted by molar-refractivity contribution is -0.825. The number of phenols is 1. The van der Waals surface area contributed by atoms with Crippen LogP contribution in [0, 0.1) is 11.6 Å². The number of aliphatic hydroxyl groups excluding tert-OH is 1. The van der Waals surface area contributed by atoms with Crippen LogP contribution in [0.3, 0.4) is 0 Å². The zero-order valence-corrected chi connectivity index (χ0v) is 60.3. The van der Waals surface area contributed by atoms with E-state index >= 15 is 0 Å². The van der Waals surface area contributed by atoms with Crippen LogP contribution >= 0.6 is 58.8 Å². The molecule has 0 aliphatic carbocycles. The molecule has 538 valence electrons. The molecule has 36 heteroatoms. The van der Waals surface area contributed by atoms with E-state index in [-0.39, 0.29) is 63.4 Å². The average molecular weight is 1500 g/mol. The smallest absolute Gasteiger partial charge is 0.251 e. The largest absolute Gasteiger partial charge is 0.512 e. The van der Waals surface area contributed by atoms with Crippen molar-refractivity contribution in [2.24, 2.45) is 10.2 Å². The maximum atomic E-state index is 13.3. The maximum absolute atomic E-state index is 13.3. The van der Waals surface area contributed by atoms with Gasteiger partial charge in [-0.25, -0.2) is 33.9 Å². The molecule has 12 N–H and O–H groups in total. The summed E-state index contributed by atoms with van der Waals surface area (Å²) in [5.41, 5.74) is 7.22. The fraction of sp³-hybridized carbons (Fsp3) is 0.209. The Labute approximate surface area is 609 Å². The minimum Gasteiger partial charge on any atom is -0.512 e. The molecule has 0 atom stereocenters. The van der Waals surface area contributed by atoms with E-state index in [1.165, 1.54) is 131 Å². The Morgan fingerprint density at radius 3 is 1.61 bits per heavy atom. The molecule has 0 bridgehead atoms. The monoisotopic (exact) mass is 1500 g/mol. The Hall–Kier alpha value is -10.6. The second-order valence-corrected chi connectivity index (χ2v) is 26.1. The Morgan fingerprint density at radius 1 is 0.573 bits per heavy atom. The van der Waals surface area contributed by atoms with Crippen molar-refractivity contribution in [1.29, 1.82) is 0 Å². The Morgan fingerprint density at radius 2 is 1.11 bits per heavy atom. The number of thioether (sulfide) groups is 5. The van der Waals surface area contributed by atoms with Gasteiger partial charge >= 0.3 is 0 Å². The topological polar surface area (TPSA) is 446 Å². The molecule has 1 amide bonds. The highest BCUT2D eigenvalue weighted by Crippen LogP contribution is 2.32. The predicted molar refractivity (Wildman–Crippen MR) is 389 cm³/mol. The lowest BCUT2D eigenvalue weighted by Crippen LogP contribution is -2.73. The summed E-state index contributed by atoms with van der Waals surface area (Å²) in [7, 11) is 2.95. The van der Waals surface area contributed by atoms with Crippen molar-refractivity contribution in [3.63, 3.8) is 0 Å². The van der Waals surface area contributed by atoms with Gasteiger partial charge < -0.3 is 30.5 Å². The van der Waals surface area contributed by atoms with Crippen molar-refractivity contribution in [2.75, 3.05) is 43.0 Å². The number of nitrogens with two attached hydrogens (primary N) is 1. The number of hydrogen-bond donors (Lipinski definition) is 9. The van der Waals surface area contributed by atoms with Crippen LogP contribution in [0.15, 0.2) is 171 Å². The minimum atomic E-state index is -0.433. The fourth-order valence-electron chi connectivity index (χ4n) is 8.11. The lowest BCUT2D eigenvalue weighted by Gasteiger charge is -2.08. The number of aliphatic hydroxyl groups is 1. The second-order valence-electron chi connectivity index (χ2n) is 21.3. The highest BCUT2D eigenvalue weighted by molar-refractivity contribution is 8.14. The van der Waals surface area contributed by atoms with Gasteiger partial charge in [0.25, 0.3) is 5.91 Å². The number of ketones is 5. The number of halogens is 2. The number of pyridine rings is 1. The van der Waals surface area contributed by atoms with E-state index in [1.807, 2.05) is 24.3 Å². The number of carbonyl (C=O) groups is 6. The van der Waals surface area contributed by atoms with E-state index in [4.69, 9.17) is 9.47 Å². The average Bonchev–Trinajstić information content (AvgIpc) is 1.80. The van der Waals surface area contributed by atoms with E-state index in [1.54, 1.807) is 80.0 Å². The number of amides is 1. The van der Waals surface area contributed by atoms with Crippen molar-refractivity contribution in [3.8, 4) is 62.8 Å². The molecule has 0 saturated heterocycles. The Kier molecular flexibility index (Phi) is 32.7. The van der Waals surface area contributed by atoms with E-state index in [0.29, 0.717) is 136 Å². The van der Waals surface area contributed by atoms with Gasteiger partial charge in [0.1, 0.15) is 45.5 Å². The van der Waals surface area contributed by atoms with Crippen LogP contribution in [0.5, 0.6) is 17.2 Å². The number of aromatic amines is 4. The molecule has 10 aromatic rings. The molecule has 29 nitrogen and oxygen atoms in total. The zero-order valence-electron chi connectivity index (χ0n) is 56.2. The van der Waals surface area contributed by atoms with Gasteiger partial charge in [-0.15, -0.1) is 37.3 Å². The van der Waals surface area contributed by atoms with Crippen molar-refractivity contribution in [2.45, 2.75) is 68.2 Å². The number of methoxy groups -OCH3 is 2. The normalized spacial score (nSPS) is 11.0. The van der Waals surface area contributed by atoms with Crippen LogP contribution in [-0.4, -0.2) is 175 Å². The quantitative estimate of drug-likeness (QED) is 0.00800. The number of rotatable bonds is 26. The molecule has 0 saturated carbocycles. The van der Waals surface area contributed by atoms with Crippen LogP contribution in [0.4, 0.5) is 14.5 Å². The number of Topliss-reactive ketones (excluding diaryl/α,β-unsaturated/α-hetero) is 5. The SMILES string of the molecule is C=C(O)CSC1=NN=C(c2cc([NH2+]O)cc(C(=O)NCc3ccccn3)c2)C1.CC(=O)CSc1n[nH]c(-c2cccc(C(C)=O)c2)n1.CC(=O)CSc1n[nH]c(-c2cccc(F)c2)n1.COc1cc(-c2nc(SCC(C)=O)n[nH]2)ccc1F.COc1ccc(O)c(-c2nc(SCC(C)=O)n[nH]2)c1.O. The van der Waals surface area contributed by atoms with Crippen molar-refractivity contribution in [1.82, 2.24) is 71.0 Å². The van der Waals surface area contributed by atoms with Crippen LogP contribution in [0.25, 0.3) is 45.6 Å². The van der Waals surface area contributed by atoms with Gasteiger partial charge in [0.05, 0.1) is 72.3 Å². The van der Waals surface area contributed by atoms with Gasteiger partial charge in [-0.3, -0.25) is 54.1 Å². The summed E-state index contributed by atoms with van der Waals surface area (Å²) < 4.78 is 36.3. The van der Waals surface area contributed by atoms with Gasteiger partial charge in [0.15, 0.2) is 46.3 Å². The van der Waals surface area contributed by atoms with Crippen molar-refractivity contribution < 1.29 is 73.4 Å². The van der Waals surface area contributed by atoms with E-state index in [0.717, 1.165) is 21.8 Å². The minimum absolute atomic E-state index is 0. The third-order valence-electron chi connectivity index (χ3n) is 12.9. The summed E-state index contributed by atoms with van der Waals surface area (Å²) in [6, 6.07) is 33.1. The number of aromatic nitrogens is 13. The molecule has 0 unspecified atom stereocenters. The predicted octanol–water partition coefficient (Wildman–Crippen LogP) is 9.90. The number of aromatic hydroxyl groups is 1. The summed E-state index contributed by atoms with van der Waals surface area (Å²) in [5, 5.41) is 69.2. The number of hydrogen-bond acceptors (Lipinski definition) is 27. The van der Waals surface area contributed by atoms with Gasteiger partial charge in [-0.05, 0) is 107 Å². The third kappa shape index (κ3) is 27.0. The number of benzene rings is 5. The van der Waals surface area contributed by atoms with Crippen LogP contribution in [0.1, 0.15) is 73.0 Å². The summed E-state index contributed by atoms with van der Waals surface area (Å²) >= 11 is 6.39. The van der Waals surface area contributed by atoms with E-state index in [2.05, 4.69) is 87.8 Å². The first-order valence-corrected chi connectivity index (χ1v) is 35.1. The molecular weight excluding hydrogens is 1430 g/mol. The first kappa shape index (κ1) is 81.4. The number of quaternary nitrogens is 1. The zero-order chi connectivity index (χ0) is 73.7. The first-order chi connectivity index (χ1) is 48.9. The van der Waals surface area contributed by atoms with E-state index in [9.17, 15) is 53.0 Å². The number of ether oxygens (including phenoxy) is 2. The maximum Gasteiger partial charge on any atom is 0.251 e. The van der Waals surface area contributed by atoms with Crippen LogP contribution < -0.4 is 20.3 Å². The summed E-state index contributed by atoms with van der Waals surface area (Å²) in [6.07, 6.45) is 2.16. The number of H-pyrrole nitrogens is 4. The summed E-state index contributed by atoms with van der Waals surface area (Å²) in [4.78, 5) is 88.4.